The van der Waals surface area contributed by atoms with Crippen LogP contribution in [0.1, 0.15) is 41.0 Å². The summed E-state index contributed by atoms with van der Waals surface area (Å²) in [5.74, 6) is 0.171. The fraction of sp³-hybridized carbons (Fsp3) is 0.286. The maximum Gasteiger partial charge on any atom is 0.280 e. The molecule has 3 rings (SSSR count). The zero-order chi connectivity index (χ0) is 14.8. The van der Waals surface area contributed by atoms with Crippen LogP contribution >= 0.6 is 11.3 Å². The highest BCUT2D eigenvalue weighted by atomic mass is 32.1. The standard InChI is InChI=1S/C14H15N5OS/c1-9(2)11-8-21-14(18-11)13(20)17-6-10-5-16-12-7-15-3-4-19(10)12/h3-5,7-9H,6H2,1-2H3,(H,17,20). The van der Waals surface area contributed by atoms with Gasteiger partial charge in [0, 0.05) is 17.8 Å². The zero-order valence-corrected chi connectivity index (χ0v) is 12.6. The molecule has 0 spiro atoms. The van der Waals surface area contributed by atoms with Crippen molar-refractivity contribution < 1.29 is 4.79 Å². The molecule has 0 saturated carbocycles. The second-order valence-electron chi connectivity index (χ2n) is 4.97. The molecular weight excluding hydrogens is 286 g/mol. The summed E-state index contributed by atoms with van der Waals surface area (Å²) < 4.78 is 1.90. The first-order valence-corrected chi connectivity index (χ1v) is 7.52. The highest BCUT2D eigenvalue weighted by molar-refractivity contribution is 7.11. The van der Waals surface area contributed by atoms with Gasteiger partial charge in [-0.25, -0.2) is 9.97 Å². The molecule has 0 bridgehead atoms. The lowest BCUT2D eigenvalue weighted by molar-refractivity contribution is 0.0950. The Morgan fingerprint density at radius 1 is 1.43 bits per heavy atom. The number of fused-ring (bicyclic) bond motifs is 1. The zero-order valence-electron chi connectivity index (χ0n) is 11.8. The minimum atomic E-state index is -0.157. The molecule has 0 saturated heterocycles. The number of nitrogens with one attached hydrogen (secondary N) is 1. The van der Waals surface area contributed by atoms with Crippen molar-refractivity contribution in [3.05, 3.63) is 46.6 Å². The van der Waals surface area contributed by atoms with Crippen molar-refractivity contribution in [2.24, 2.45) is 0 Å². The third kappa shape index (κ3) is 2.78. The van der Waals surface area contributed by atoms with E-state index in [0.29, 0.717) is 17.5 Å². The van der Waals surface area contributed by atoms with E-state index in [1.54, 1.807) is 18.6 Å². The normalized spacial score (nSPS) is 11.2. The predicted octanol–water partition coefficient (Wildman–Crippen LogP) is 2.24. The summed E-state index contributed by atoms with van der Waals surface area (Å²) in [6.45, 7) is 4.52. The van der Waals surface area contributed by atoms with Gasteiger partial charge in [-0.2, -0.15) is 0 Å². The Kier molecular flexibility index (Phi) is 3.66. The first kappa shape index (κ1) is 13.7. The molecule has 3 aromatic heterocycles. The van der Waals surface area contributed by atoms with Gasteiger partial charge in [-0.3, -0.25) is 14.2 Å². The lowest BCUT2D eigenvalue weighted by Crippen LogP contribution is -2.23. The lowest BCUT2D eigenvalue weighted by atomic mass is 10.2. The Labute approximate surface area is 125 Å². The van der Waals surface area contributed by atoms with E-state index in [-0.39, 0.29) is 5.91 Å². The third-order valence-corrected chi connectivity index (χ3v) is 3.99. The van der Waals surface area contributed by atoms with Gasteiger partial charge in [0.25, 0.3) is 5.91 Å². The molecule has 108 valence electrons. The number of carbonyl (C=O) groups is 1. The fourth-order valence-corrected chi connectivity index (χ4v) is 2.82. The van der Waals surface area contributed by atoms with Crippen molar-refractivity contribution in [1.29, 1.82) is 0 Å². The molecule has 0 fully saturated rings. The minimum Gasteiger partial charge on any atom is -0.344 e. The second-order valence-corrected chi connectivity index (χ2v) is 5.83. The number of carbonyl (C=O) groups excluding carboxylic acids is 1. The summed E-state index contributed by atoms with van der Waals surface area (Å²) in [5.41, 5.74) is 2.62. The molecular formula is C14H15N5OS. The topological polar surface area (TPSA) is 72.2 Å². The Bertz CT molecular complexity index is 776. The molecule has 0 atom stereocenters. The van der Waals surface area contributed by atoms with Gasteiger partial charge >= 0.3 is 0 Å². The van der Waals surface area contributed by atoms with Gasteiger partial charge < -0.3 is 5.32 Å². The smallest absolute Gasteiger partial charge is 0.280 e. The lowest BCUT2D eigenvalue weighted by Gasteiger charge is -2.03. The van der Waals surface area contributed by atoms with Crippen LogP contribution in [0.25, 0.3) is 5.65 Å². The monoisotopic (exact) mass is 301 g/mol. The summed E-state index contributed by atoms with van der Waals surface area (Å²) in [4.78, 5) is 24.7. The summed E-state index contributed by atoms with van der Waals surface area (Å²) in [5, 5.41) is 5.30. The number of aromatic nitrogens is 4. The number of amides is 1. The summed E-state index contributed by atoms with van der Waals surface area (Å²) >= 11 is 1.37. The van der Waals surface area contributed by atoms with Crippen LogP contribution in [0.3, 0.4) is 0 Å². The highest BCUT2D eigenvalue weighted by Crippen LogP contribution is 2.17. The molecule has 1 N–H and O–H groups in total. The van der Waals surface area contributed by atoms with Crippen LogP contribution in [-0.2, 0) is 6.54 Å². The number of nitrogens with zero attached hydrogens (tertiary/aromatic N) is 4. The molecule has 0 aromatic carbocycles. The molecule has 3 aromatic rings. The van der Waals surface area contributed by atoms with E-state index >= 15 is 0 Å². The van der Waals surface area contributed by atoms with E-state index in [1.165, 1.54) is 11.3 Å². The number of rotatable bonds is 4. The molecule has 3 heterocycles. The van der Waals surface area contributed by atoms with Crippen molar-refractivity contribution in [2.75, 3.05) is 0 Å². The van der Waals surface area contributed by atoms with E-state index in [0.717, 1.165) is 17.0 Å². The average molecular weight is 301 g/mol. The summed E-state index contributed by atoms with van der Waals surface area (Å²) in [6.07, 6.45) is 6.93. The van der Waals surface area contributed by atoms with E-state index in [4.69, 9.17) is 0 Å². The predicted molar refractivity (Wildman–Crippen MR) is 80.4 cm³/mol. The van der Waals surface area contributed by atoms with Crippen molar-refractivity contribution in [1.82, 2.24) is 24.7 Å². The van der Waals surface area contributed by atoms with Gasteiger partial charge in [-0.05, 0) is 5.92 Å². The van der Waals surface area contributed by atoms with E-state index in [1.807, 2.05) is 16.0 Å². The minimum absolute atomic E-state index is 0.157. The number of imidazole rings is 1. The largest absolute Gasteiger partial charge is 0.344 e. The van der Waals surface area contributed by atoms with Crippen LogP contribution in [0, 0.1) is 0 Å². The van der Waals surface area contributed by atoms with Gasteiger partial charge in [-0.15, -0.1) is 11.3 Å². The number of hydrogen-bond donors (Lipinski definition) is 1. The molecule has 0 aliphatic carbocycles. The van der Waals surface area contributed by atoms with Crippen LogP contribution in [0.5, 0.6) is 0 Å². The molecule has 0 aliphatic heterocycles. The van der Waals surface area contributed by atoms with Gasteiger partial charge in [0.15, 0.2) is 10.7 Å². The van der Waals surface area contributed by atoms with Crippen molar-refractivity contribution in [2.45, 2.75) is 26.3 Å². The molecule has 1 amide bonds. The van der Waals surface area contributed by atoms with Crippen LogP contribution < -0.4 is 5.32 Å². The molecule has 6 nitrogen and oxygen atoms in total. The first-order chi connectivity index (χ1) is 10.1. The van der Waals surface area contributed by atoms with Gasteiger partial charge in [0.05, 0.1) is 30.3 Å². The maximum absolute atomic E-state index is 12.1. The Balaban J connectivity index is 1.70. The molecule has 0 radical (unpaired) electrons. The highest BCUT2D eigenvalue weighted by Gasteiger charge is 2.13. The van der Waals surface area contributed by atoms with Crippen LogP contribution in [0.4, 0.5) is 0 Å². The molecule has 0 unspecified atom stereocenters. The van der Waals surface area contributed by atoms with Crippen molar-refractivity contribution in [3.8, 4) is 0 Å². The Morgan fingerprint density at radius 2 is 2.29 bits per heavy atom. The summed E-state index contributed by atoms with van der Waals surface area (Å²) in [6, 6.07) is 0. The maximum atomic E-state index is 12.1. The van der Waals surface area contributed by atoms with E-state index in [9.17, 15) is 4.79 Å². The Hall–Kier alpha value is -2.28. The third-order valence-electron chi connectivity index (χ3n) is 3.13. The quantitative estimate of drug-likeness (QED) is 0.802. The Morgan fingerprint density at radius 3 is 3.05 bits per heavy atom. The molecule has 7 heteroatoms. The molecule has 0 aliphatic rings. The number of hydrogen-bond acceptors (Lipinski definition) is 5. The average Bonchev–Trinajstić information content (AvgIpc) is 3.12. The van der Waals surface area contributed by atoms with Crippen LogP contribution in [-0.4, -0.2) is 25.3 Å². The van der Waals surface area contributed by atoms with Crippen LogP contribution in [0.2, 0.25) is 0 Å². The molecule has 21 heavy (non-hydrogen) atoms. The SMILES string of the molecule is CC(C)c1csc(C(=O)NCc2cnc3cnccn23)n1. The van der Waals surface area contributed by atoms with E-state index in [2.05, 4.69) is 34.1 Å². The van der Waals surface area contributed by atoms with Crippen molar-refractivity contribution >= 4 is 22.9 Å². The first-order valence-electron chi connectivity index (χ1n) is 6.64. The van der Waals surface area contributed by atoms with Crippen molar-refractivity contribution in [3.63, 3.8) is 0 Å². The van der Waals surface area contributed by atoms with E-state index < -0.39 is 0 Å². The summed E-state index contributed by atoms with van der Waals surface area (Å²) in [7, 11) is 0. The van der Waals surface area contributed by atoms with Crippen LogP contribution in [0.15, 0.2) is 30.2 Å². The van der Waals surface area contributed by atoms with Gasteiger partial charge in [0.2, 0.25) is 0 Å². The van der Waals surface area contributed by atoms with Gasteiger partial charge in [0.1, 0.15) is 0 Å². The fourth-order valence-electron chi connectivity index (χ4n) is 1.93. The second kappa shape index (κ2) is 5.61. The van der Waals surface area contributed by atoms with Gasteiger partial charge in [-0.1, -0.05) is 13.8 Å². The number of thiazole rings is 1.